The quantitative estimate of drug-likeness (QED) is 0.478. The maximum atomic E-state index is 12.9. The topological polar surface area (TPSA) is 83.9 Å². The van der Waals surface area contributed by atoms with Crippen LogP contribution in [0.25, 0.3) is 21.9 Å². The summed E-state index contributed by atoms with van der Waals surface area (Å²) in [6.07, 6.45) is -4.75. The van der Waals surface area contributed by atoms with E-state index in [2.05, 4.69) is 0 Å². The molecule has 1 N–H and O–H groups in total. The van der Waals surface area contributed by atoms with E-state index in [1.807, 2.05) is 12.1 Å². The number of alkyl halides is 3. The van der Waals surface area contributed by atoms with Crippen LogP contribution in [0.5, 0.6) is 0 Å². The monoisotopic (exact) mass is 433 g/mol. The third-order valence-electron chi connectivity index (χ3n) is 4.40. The summed E-state index contributed by atoms with van der Waals surface area (Å²) < 4.78 is 48.4. The molecule has 0 saturated carbocycles. The Morgan fingerprint density at radius 2 is 1.48 bits per heavy atom. The fourth-order valence-corrected chi connectivity index (χ4v) is 3.06. The number of aliphatic hydroxyl groups is 1. The first-order valence-corrected chi connectivity index (χ1v) is 9.06. The minimum Gasteiger partial charge on any atom is -0.422 e. The Bertz CT molecular complexity index is 1340. The number of anilines is 1. The lowest BCUT2D eigenvalue weighted by Crippen LogP contribution is -2.24. The largest absolute Gasteiger partial charge is 0.425 e. The van der Waals surface area contributed by atoms with Crippen molar-refractivity contribution in [3.8, 4) is 0 Å². The van der Waals surface area contributed by atoms with Gasteiger partial charge in [0.25, 0.3) is 0 Å². The molecule has 2 aromatic carbocycles. The summed E-state index contributed by atoms with van der Waals surface area (Å²) in [5, 5.41) is 9.90. The maximum absolute atomic E-state index is 12.9. The van der Waals surface area contributed by atoms with Crippen LogP contribution in [0.15, 0.2) is 73.0 Å². The molecule has 0 bridgehead atoms. The molecule has 162 valence electrons. The highest BCUT2D eigenvalue weighted by Crippen LogP contribution is 2.37. The predicted octanol–water partition coefficient (Wildman–Crippen LogP) is 4.16. The number of rotatable bonds is 2. The van der Waals surface area contributed by atoms with Gasteiger partial charge < -0.3 is 18.8 Å². The fourth-order valence-electron chi connectivity index (χ4n) is 3.06. The highest BCUT2D eigenvalue weighted by molar-refractivity contribution is 5.92. The second-order valence-corrected chi connectivity index (χ2v) is 6.76. The maximum Gasteiger partial charge on any atom is 0.425 e. The van der Waals surface area contributed by atoms with Crippen molar-refractivity contribution in [2.75, 3.05) is 19.0 Å². The summed E-state index contributed by atoms with van der Waals surface area (Å²) >= 11 is 0. The lowest BCUT2D eigenvalue weighted by atomic mass is 10.1. The Kier molecular flexibility index (Phi) is 6.16. The lowest BCUT2D eigenvalue weighted by molar-refractivity contribution is -0.139. The minimum atomic E-state index is -4.75. The smallest absolute Gasteiger partial charge is 0.422 e. The Morgan fingerprint density at radius 3 is 2.10 bits per heavy atom. The third-order valence-corrected chi connectivity index (χ3v) is 4.40. The molecular weight excluding hydrogens is 415 g/mol. The SMILES string of the molecule is CN(C)c1c(C(F)(F)F)c(=O)oc2ccccc12.O=c1oc2ccccc2cc1CO. The molecule has 0 unspecified atom stereocenters. The minimum absolute atomic E-state index is 0.138. The average Bonchev–Trinajstić information content (AvgIpc) is 2.71. The average molecular weight is 433 g/mol. The van der Waals surface area contributed by atoms with Crippen molar-refractivity contribution in [3.05, 3.63) is 86.6 Å². The van der Waals surface area contributed by atoms with Crippen molar-refractivity contribution in [1.29, 1.82) is 0 Å². The van der Waals surface area contributed by atoms with Crippen LogP contribution in [0.2, 0.25) is 0 Å². The molecule has 6 nitrogen and oxygen atoms in total. The van der Waals surface area contributed by atoms with Gasteiger partial charge in [-0.3, -0.25) is 0 Å². The molecule has 0 radical (unpaired) electrons. The van der Waals surface area contributed by atoms with E-state index in [1.165, 1.54) is 31.1 Å². The predicted molar refractivity (Wildman–Crippen MR) is 110 cm³/mol. The molecule has 0 aliphatic heterocycles. The van der Waals surface area contributed by atoms with Gasteiger partial charge in [0.15, 0.2) is 5.56 Å². The molecule has 0 fully saturated rings. The Labute approximate surface area is 173 Å². The van der Waals surface area contributed by atoms with Gasteiger partial charge in [0.2, 0.25) is 0 Å². The number of fused-ring (bicyclic) bond motifs is 2. The highest BCUT2D eigenvalue weighted by atomic mass is 19.4. The number of para-hydroxylation sites is 2. The zero-order chi connectivity index (χ0) is 22.8. The van der Waals surface area contributed by atoms with Gasteiger partial charge >= 0.3 is 17.4 Å². The number of aliphatic hydroxyl groups excluding tert-OH is 1. The third kappa shape index (κ3) is 4.61. The van der Waals surface area contributed by atoms with Crippen LogP contribution in [0.1, 0.15) is 11.1 Å². The van der Waals surface area contributed by atoms with E-state index >= 15 is 0 Å². The molecule has 0 atom stereocenters. The van der Waals surface area contributed by atoms with E-state index in [4.69, 9.17) is 13.9 Å². The lowest BCUT2D eigenvalue weighted by Gasteiger charge is -2.19. The molecule has 4 aromatic rings. The van der Waals surface area contributed by atoms with Crippen LogP contribution in [-0.4, -0.2) is 19.2 Å². The van der Waals surface area contributed by atoms with E-state index in [1.54, 1.807) is 30.3 Å². The van der Waals surface area contributed by atoms with Gasteiger partial charge in [0.05, 0.1) is 17.9 Å². The second-order valence-electron chi connectivity index (χ2n) is 6.76. The first kappa shape index (κ1) is 22.1. The number of benzene rings is 2. The first-order valence-electron chi connectivity index (χ1n) is 9.06. The summed E-state index contributed by atoms with van der Waals surface area (Å²) in [5.74, 6) is 0. The van der Waals surface area contributed by atoms with Crippen molar-refractivity contribution in [2.45, 2.75) is 12.8 Å². The summed E-state index contributed by atoms with van der Waals surface area (Å²) in [6, 6.07) is 15.0. The number of halogens is 3. The van der Waals surface area contributed by atoms with Crippen LogP contribution in [0, 0.1) is 0 Å². The van der Waals surface area contributed by atoms with Gasteiger partial charge in [-0.1, -0.05) is 30.3 Å². The van der Waals surface area contributed by atoms with E-state index in [-0.39, 0.29) is 23.3 Å². The zero-order valence-electron chi connectivity index (χ0n) is 16.6. The van der Waals surface area contributed by atoms with E-state index in [9.17, 15) is 22.8 Å². The van der Waals surface area contributed by atoms with Gasteiger partial charge in [0, 0.05) is 24.9 Å². The molecule has 0 saturated heterocycles. The van der Waals surface area contributed by atoms with Crippen LogP contribution in [-0.2, 0) is 12.8 Å². The summed E-state index contributed by atoms with van der Waals surface area (Å²) in [7, 11) is 2.91. The van der Waals surface area contributed by atoms with E-state index in [0.29, 0.717) is 11.1 Å². The van der Waals surface area contributed by atoms with E-state index in [0.717, 1.165) is 5.39 Å². The standard InChI is InChI=1S/C12H10F3NO2.C10H8O3/c1-16(2)10-7-5-3-4-6-8(7)18-11(17)9(10)12(13,14)15;11-6-8-5-7-3-1-2-4-9(7)13-10(8)12/h3-6H,1-2H3;1-5,11H,6H2. The Morgan fingerprint density at radius 1 is 0.903 bits per heavy atom. The van der Waals surface area contributed by atoms with Crippen molar-refractivity contribution in [2.24, 2.45) is 0 Å². The van der Waals surface area contributed by atoms with Gasteiger partial charge in [-0.05, 0) is 24.3 Å². The van der Waals surface area contributed by atoms with Crippen LogP contribution in [0.4, 0.5) is 18.9 Å². The van der Waals surface area contributed by atoms with Gasteiger partial charge in [-0.2, -0.15) is 13.2 Å². The number of nitrogens with zero attached hydrogens (tertiary/aromatic N) is 1. The van der Waals surface area contributed by atoms with Crippen LogP contribution >= 0.6 is 0 Å². The molecule has 0 aliphatic carbocycles. The Hall–Kier alpha value is -3.59. The highest BCUT2D eigenvalue weighted by Gasteiger charge is 2.39. The molecule has 9 heteroatoms. The van der Waals surface area contributed by atoms with E-state index < -0.39 is 23.0 Å². The van der Waals surface area contributed by atoms with Crippen LogP contribution < -0.4 is 16.2 Å². The normalized spacial score (nSPS) is 11.3. The summed E-state index contributed by atoms with van der Waals surface area (Å²) in [5.41, 5.74) is -2.31. The summed E-state index contributed by atoms with van der Waals surface area (Å²) in [6.45, 7) is -0.285. The van der Waals surface area contributed by atoms with Gasteiger partial charge in [0.1, 0.15) is 11.2 Å². The van der Waals surface area contributed by atoms with Crippen molar-refractivity contribution >= 4 is 27.6 Å². The molecule has 0 aliphatic rings. The molecule has 2 aromatic heterocycles. The second kappa shape index (κ2) is 8.65. The van der Waals surface area contributed by atoms with Gasteiger partial charge in [-0.15, -0.1) is 0 Å². The zero-order valence-corrected chi connectivity index (χ0v) is 16.6. The Balaban J connectivity index is 0.000000185. The molecule has 2 heterocycles. The molecule has 4 rings (SSSR count). The molecule has 31 heavy (non-hydrogen) atoms. The van der Waals surface area contributed by atoms with Crippen molar-refractivity contribution in [3.63, 3.8) is 0 Å². The number of hydrogen-bond donors (Lipinski definition) is 1. The first-order chi connectivity index (χ1) is 14.6. The van der Waals surface area contributed by atoms with Crippen molar-refractivity contribution < 1.29 is 27.1 Å². The molecular formula is C22H18F3NO5. The van der Waals surface area contributed by atoms with Crippen LogP contribution in [0.3, 0.4) is 0 Å². The van der Waals surface area contributed by atoms with Crippen molar-refractivity contribution in [1.82, 2.24) is 0 Å². The molecule has 0 amide bonds. The number of hydrogen-bond acceptors (Lipinski definition) is 6. The fraction of sp³-hybridized carbons (Fsp3) is 0.182. The molecule has 0 spiro atoms. The summed E-state index contributed by atoms with van der Waals surface area (Å²) in [4.78, 5) is 23.9. The van der Waals surface area contributed by atoms with Gasteiger partial charge in [-0.25, -0.2) is 9.59 Å².